The quantitative estimate of drug-likeness (QED) is 0.881. The van der Waals surface area contributed by atoms with Crippen molar-refractivity contribution in [2.45, 2.75) is 19.9 Å². The van der Waals surface area contributed by atoms with Crippen LogP contribution < -0.4 is 5.32 Å². The molecule has 0 unspecified atom stereocenters. The summed E-state index contributed by atoms with van der Waals surface area (Å²) in [5, 5.41) is 2.88. The largest absolute Gasteiger partial charge is 0.349 e. The molecule has 0 aromatic carbocycles. The molecule has 2 aromatic rings. The minimum atomic E-state index is -0.0444. The second-order valence-electron chi connectivity index (χ2n) is 4.02. The molecule has 1 N–H and O–H groups in total. The van der Waals surface area contributed by atoms with Crippen molar-refractivity contribution in [3.63, 3.8) is 0 Å². The lowest BCUT2D eigenvalue weighted by molar-refractivity contribution is 0.0935. The third-order valence-electron chi connectivity index (χ3n) is 2.35. The Morgan fingerprint density at radius 2 is 2.19 bits per heavy atom. The summed E-state index contributed by atoms with van der Waals surface area (Å²) in [4.78, 5) is 11.9. The molecule has 5 heteroatoms. The third-order valence-corrected chi connectivity index (χ3v) is 3.55. The molecule has 2 aromatic heterocycles. The maximum atomic E-state index is 11.9. The number of thiophene rings is 1. The maximum Gasteiger partial charge on any atom is 0.268 e. The Morgan fingerprint density at radius 1 is 1.50 bits per heavy atom. The monoisotopic (exact) mass is 256 g/mol. The van der Waals surface area contributed by atoms with Crippen molar-refractivity contribution in [1.82, 2.24) is 9.88 Å². The number of hydrogen-bond donors (Lipinski definition) is 1. The van der Waals surface area contributed by atoms with E-state index in [2.05, 4.69) is 5.32 Å². The molecule has 0 saturated heterocycles. The first kappa shape index (κ1) is 11.5. The van der Waals surface area contributed by atoms with E-state index in [0.717, 1.165) is 14.6 Å². The highest BCUT2D eigenvalue weighted by Gasteiger charge is 2.15. The molecule has 2 heterocycles. The van der Waals surface area contributed by atoms with Gasteiger partial charge < -0.3 is 9.88 Å². The Morgan fingerprint density at radius 3 is 2.75 bits per heavy atom. The predicted molar refractivity (Wildman–Crippen MR) is 68.4 cm³/mol. The van der Waals surface area contributed by atoms with E-state index in [4.69, 9.17) is 11.6 Å². The number of carbonyl (C=O) groups is 1. The average molecular weight is 257 g/mol. The highest BCUT2D eigenvalue weighted by molar-refractivity contribution is 7.22. The summed E-state index contributed by atoms with van der Waals surface area (Å²) in [6.07, 6.45) is 0. The summed E-state index contributed by atoms with van der Waals surface area (Å²) < 4.78 is 3.66. The molecule has 0 atom stereocenters. The van der Waals surface area contributed by atoms with Crippen LogP contribution in [0.3, 0.4) is 0 Å². The molecule has 1 amide bonds. The number of nitrogens with one attached hydrogen (secondary N) is 1. The number of nitrogens with zero attached hydrogens (tertiary/aromatic N) is 1. The average Bonchev–Trinajstić information content (AvgIpc) is 2.64. The molecule has 0 fully saturated rings. The first-order chi connectivity index (χ1) is 7.49. The minimum absolute atomic E-state index is 0.0444. The molecule has 0 bridgehead atoms. The summed E-state index contributed by atoms with van der Waals surface area (Å²) in [6, 6.07) is 3.90. The fourth-order valence-corrected chi connectivity index (χ4v) is 2.84. The molecule has 0 aliphatic carbocycles. The normalized spacial score (nSPS) is 11.3. The molecular weight excluding hydrogens is 244 g/mol. The number of hydrogen-bond acceptors (Lipinski definition) is 2. The van der Waals surface area contributed by atoms with Crippen LogP contribution in [0.2, 0.25) is 4.34 Å². The fraction of sp³-hybridized carbons (Fsp3) is 0.364. The van der Waals surface area contributed by atoms with Crippen LogP contribution in [-0.2, 0) is 7.05 Å². The van der Waals surface area contributed by atoms with Gasteiger partial charge in [0.15, 0.2) is 0 Å². The molecule has 3 nitrogen and oxygen atoms in total. The molecule has 0 spiro atoms. The van der Waals surface area contributed by atoms with Crippen molar-refractivity contribution in [3.05, 3.63) is 22.2 Å². The van der Waals surface area contributed by atoms with Crippen molar-refractivity contribution in [2.24, 2.45) is 7.05 Å². The lowest BCUT2D eigenvalue weighted by Gasteiger charge is -2.08. The van der Waals surface area contributed by atoms with Gasteiger partial charge in [-0.1, -0.05) is 11.6 Å². The zero-order valence-electron chi connectivity index (χ0n) is 9.37. The van der Waals surface area contributed by atoms with E-state index in [1.807, 2.05) is 37.6 Å². The first-order valence-corrected chi connectivity index (χ1v) is 6.24. The Kier molecular flexibility index (Phi) is 2.95. The second kappa shape index (κ2) is 4.11. The third kappa shape index (κ3) is 1.95. The standard InChI is InChI=1S/C11H13ClN2OS/c1-6(2)13-11(15)8-4-9-7(14(8)3)5-10(12)16-9/h4-6H,1-3H3,(H,13,15). The molecule has 2 rings (SSSR count). The van der Waals surface area contributed by atoms with Crippen LogP contribution >= 0.6 is 22.9 Å². The fourth-order valence-electron chi connectivity index (χ4n) is 1.64. The van der Waals surface area contributed by atoms with Crippen LogP contribution in [0.5, 0.6) is 0 Å². The summed E-state index contributed by atoms with van der Waals surface area (Å²) in [6.45, 7) is 3.89. The van der Waals surface area contributed by atoms with Crippen molar-refractivity contribution >= 4 is 39.1 Å². The van der Waals surface area contributed by atoms with Gasteiger partial charge in [-0.05, 0) is 26.0 Å². The molecule has 16 heavy (non-hydrogen) atoms. The van der Waals surface area contributed by atoms with Crippen LogP contribution in [0, 0.1) is 0 Å². The SMILES string of the molecule is CC(C)NC(=O)c1cc2sc(Cl)cc2n1C. The molecule has 0 aliphatic heterocycles. The van der Waals surface area contributed by atoms with Crippen molar-refractivity contribution in [3.8, 4) is 0 Å². The van der Waals surface area contributed by atoms with E-state index in [9.17, 15) is 4.79 Å². The Bertz CT molecular complexity index is 541. The van der Waals surface area contributed by atoms with Crippen molar-refractivity contribution in [1.29, 1.82) is 0 Å². The summed E-state index contributed by atoms with van der Waals surface area (Å²) in [7, 11) is 1.88. The number of rotatable bonds is 2. The highest BCUT2D eigenvalue weighted by atomic mass is 35.5. The molecule has 0 saturated carbocycles. The van der Waals surface area contributed by atoms with E-state index in [0.29, 0.717) is 5.69 Å². The van der Waals surface area contributed by atoms with Gasteiger partial charge >= 0.3 is 0 Å². The Hall–Kier alpha value is -1.00. The Balaban J connectivity index is 2.42. The minimum Gasteiger partial charge on any atom is -0.349 e. The lowest BCUT2D eigenvalue weighted by Crippen LogP contribution is -2.31. The second-order valence-corrected chi connectivity index (χ2v) is 5.73. The van der Waals surface area contributed by atoms with Gasteiger partial charge in [-0.2, -0.15) is 0 Å². The van der Waals surface area contributed by atoms with Gasteiger partial charge in [-0.15, -0.1) is 11.3 Å². The number of aromatic nitrogens is 1. The zero-order valence-corrected chi connectivity index (χ0v) is 10.9. The Labute approximate surface area is 103 Å². The van der Waals surface area contributed by atoms with Crippen LogP contribution in [0.1, 0.15) is 24.3 Å². The van der Waals surface area contributed by atoms with Crippen LogP contribution in [0.4, 0.5) is 0 Å². The predicted octanol–water partition coefficient (Wildman–Crippen LogP) is 3.03. The smallest absolute Gasteiger partial charge is 0.268 e. The molecule has 86 valence electrons. The number of halogens is 1. The van der Waals surface area contributed by atoms with Crippen LogP contribution in [-0.4, -0.2) is 16.5 Å². The van der Waals surface area contributed by atoms with Gasteiger partial charge in [0.05, 0.1) is 14.6 Å². The van der Waals surface area contributed by atoms with Crippen molar-refractivity contribution < 1.29 is 4.79 Å². The zero-order chi connectivity index (χ0) is 11.9. The van der Waals surface area contributed by atoms with Gasteiger partial charge in [0, 0.05) is 13.1 Å². The van der Waals surface area contributed by atoms with Crippen LogP contribution in [0.15, 0.2) is 12.1 Å². The van der Waals surface area contributed by atoms with E-state index < -0.39 is 0 Å². The van der Waals surface area contributed by atoms with Gasteiger partial charge in [0.2, 0.25) is 0 Å². The topological polar surface area (TPSA) is 34.0 Å². The molecular formula is C11H13ClN2OS. The lowest BCUT2D eigenvalue weighted by atomic mass is 10.3. The summed E-state index contributed by atoms with van der Waals surface area (Å²) >= 11 is 7.41. The summed E-state index contributed by atoms with van der Waals surface area (Å²) in [5.41, 5.74) is 1.68. The number of amides is 1. The summed E-state index contributed by atoms with van der Waals surface area (Å²) in [5.74, 6) is -0.0444. The van der Waals surface area contributed by atoms with Gasteiger partial charge in [0.25, 0.3) is 5.91 Å². The molecule has 0 aliphatic rings. The van der Waals surface area contributed by atoms with Gasteiger partial charge in [-0.25, -0.2) is 0 Å². The van der Waals surface area contributed by atoms with Crippen molar-refractivity contribution in [2.75, 3.05) is 0 Å². The molecule has 0 radical (unpaired) electrons. The first-order valence-electron chi connectivity index (χ1n) is 5.04. The van der Waals surface area contributed by atoms with Gasteiger partial charge in [0.1, 0.15) is 5.69 Å². The number of fused-ring (bicyclic) bond motifs is 1. The highest BCUT2D eigenvalue weighted by Crippen LogP contribution is 2.31. The van der Waals surface area contributed by atoms with Gasteiger partial charge in [-0.3, -0.25) is 4.79 Å². The van der Waals surface area contributed by atoms with Crippen LogP contribution in [0.25, 0.3) is 10.2 Å². The van der Waals surface area contributed by atoms with E-state index in [1.165, 1.54) is 11.3 Å². The maximum absolute atomic E-state index is 11.9. The van der Waals surface area contributed by atoms with E-state index in [-0.39, 0.29) is 11.9 Å². The number of carbonyl (C=O) groups excluding carboxylic acids is 1. The van der Waals surface area contributed by atoms with E-state index >= 15 is 0 Å². The number of aryl methyl sites for hydroxylation is 1. The van der Waals surface area contributed by atoms with E-state index in [1.54, 1.807) is 0 Å².